The number of nitrogens with zero attached hydrogens (tertiary/aromatic N) is 4. The fraction of sp³-hybridized carbons (Fsp3) is 0.705. The number of likely N-dealkylation sites (tertiary alicyclic amines) is 3. The van der Waals surface area contributed by atoms with Crippen molar-refractivity contribution >= 4 is 107 Å². The third kappa shape index (κ3) is 26.4. The highest BCUT2D eigenvalue weighted by atomic mass is 16.4. The second-order valence-corrected chi connectivity index (χ2v) is 25.7. The van der Waals surface area contributed by atoms with E-state index < -0.39 is 242 Å². The number of aliphatic imine (C=N–C) groups is 1. The molecular weight excluding hydrogens is 1380 g/mol. The number of hydrogen-bond donors (Lipinski definition) is 22. The number of carboxylic acids is 2. The summed E-state index contributed by atoms with van der Waals surface area (Å²) >= 11 is 0. The van der Waals surface area contributed by atoms with Crippen molar-refractivity contribution in [2.75, 3.05) is 52.5 Å². The Bertz CT molecular complexity index is 3150. The molecule has 3 aliphatic heterocycles. The van der Waals surface area contributed by atoms with Crippen LogP contribution in [0.2, 0.25) is 0 Å². The second-order valence-electron chi connectivity index (χ2n) is 25.7. The van der Waals surface area contributed by atoms with Crippen molar-refractivity contribution in [3.63, 3.8) is 0 Å². The van der Waals surface area contributed by atoms with Crippen LogP contribution in [0, 0.1) is 5.92 Å². The minimum absolute atomic E-state index is 0.00436. The molecule has 17 atom stereocenters. The number of amides is 15. The Hall–Kier alpha value is -9.98. The van der Waals surface area contributed by atoms with Crippen LogP contribution in [0.4, 0.5) is 0 Å². The van der Waals surface area contributed by atoms with Crippen molar-refractivity contribution in [1.82, 2.24) is 78.5 Å². The highest BCUT2D eigenvalue weighted by molar-refractivity contribution is 6.01. The van der Waals surface area contributed by atoms with Gasteiger partial charge in [0.2, 0.25) is 88.6 Å². The Kier molecular flexibility index (Phi) is 35.6. The van der Waals surface area contributed by atoms with E-state index in [0.29, 0.717) is 6.42 Å². The Labute approximate surface area is 597 Å². The molecule has 3 heterocycles. The summed E-state index contributed by atoms with van der Waals surface area (Å²) in [6.07, 6.45) is -5.52. The van der Waals surface area contributed by atoms with E-state index in [4.69, 9.17) is 22.3 Å². The van der Waals surface area contributed by atoms with Gasteiger partial charge in [-0.05, 0) is 98.8 Å². The van der Waals surface area contributed by atoms with Crippen molar-refractivity contribution in [2.45, 2.75) is 216 Å². The molecule has 0 spiro atoms. The van der Waals surface area contributed by atoms with E-state index in [1.54, 1.807) is 13.8 Å². The maximum atomic E-state index is 14.6. The fourth-order valence-electron chi connectivity index (χ4n) is 11.3. The molecule has 0 aromatic carbocycles. The molecule has 0 saturated carbocycles. The van der Waals surface area contributed by atoms with Crippen LogP contribution >= 0.6 is 0 Å². The average molecular weight is 1480 g/mol. The molecule has 104 heavy (non-hydrogen) atoms. The van der Waals surface area contributed by atoms with Gasteiger partial charge in [-0.15, -0.1) is 0 Å². The maximum Gasteiger partial charge on any atom is 0.325 e. The Balaban J connectivity index is 1.72. The molecule has 3 saturated heterocycles. The van der Waals surface area contributed by atoms with Crippen LogP contribution in [0.5, 0.6) is 0 Å². The molecule has 3 aliphatic rings. The van der Waals surface area contributed by atoms with Crippen LogP contribution in [-0.4, -0.2) is 312 Å². The Morgan fingerprint density at radius 2 is 0.837 bits per heavy atom. The zero-order valence-electron chi connectivity index (χ0n) is 59.0. The number of aliphatic hydroxyl groups is 5. The standard InChI is InChI=1S/C61H101N19O24/c1-26(2)43(74-40(86)22-62)53(96)77-46(32(8)85)56(99)73-36(25-82)48(91)67-27(3)57(100)79-19-11-16-39(79)52(95)72-34(21-42(88)89)47(90)75-45(31(7)84)55(98)71-33(13-9-17-65-61(63)64)59(102)80-20-12-15-38(80)51(94)68-28(4)58(101)78-18-10-14-37(78)50(93)66-23-41(87)70-35(24-81)49(92)76-44(30(6)83)54(97)69-29(5)60(103)104/h26-39,43-46,81-85H,9-25,62H2,1-8H3,(H,66,93)(H,67,91)(H,68,94)(H,69,97)(H,70,87)(H,71,98)(H,72,95)(H,73,99)(H,74,86)(H,75,90)(H,76,92)(H,77,96)(H,88,89)(H,103,104)(H4,63,64,65)/t27-,28-,29-,30+,31+,32+,33-,34-,35-,36-,37-,38-,39-,43-,44-,45-,46-/m0/s1. The third-order valence-corrected chi connectivity index (χ3v) is 17.0. The van der Waals surface area contributed by atoms with Crippen LogP contribution in [0.1, 0.15) is 113 Å². The van der Waals surface area contributed by atoms with Crippen molar-refractivity contribution in [3.8, 4) is 0 Å². The molecule has 0 unspecified atom stereocenters. The first-order valence-corrected chi connectivity index (χ1v) is 33.7. The van der Waals surface area contributed by atoms with Gasteiger partial charge in [0.05, 0.1) is 51.0 Å². The van der Waals surface area contributed by atoms with Crippen LogP contribution < -0.4 is 81.0 Å². The molecule has 0 radical (unpaired) electrons. The maximum absolute atomic E-state index is 14.6. The van der Waals surface area contributed by atoms with Crippen LogP contribution in [0.3, 0.4) is 0 Å². The molecular formula is C61H101N19O24. The third-order valence-electron chi connectivity index (χ3n) is 17.0. The summed E-state index contributed by atoms with van der Waals surface area (Å²) in [6.45, 7) is 6.53. The van der Waals surface area contributed by atoms with E-state index in [-0.39, 0.29) is 77.1 Å². The number of rotatable bonds is 40. The predicted molar refractivity (Wildman–Crippen MR) is 358 cm³/mol. The van der Waals surface area contributed by atoms with Crippen molar-refractivity contribution < 1.29 is 117 Å². The van der Waals surface area contributed by atoms with Gasteiger partial charge in [0.1, 0.15) is 84.6 Å². The molecule has 0 aromatic heterocycles. The van der Waals surface area contributed by atoms with Gasteiger partial charge in [-0.2, -0.15) is 0 Å². The fourth-order valence-corrected chi connectivity index (χ4v) is 11.3. The van der Waals surface area contributed by atoms with E-state index in [9.17, 15) is 112 Å². The zero-order chi connectivity index (χ0) is 78.7. The molecule has 25 N–H and O–H groups in total. The number of guanidine groups is 1. The summed E-state index contributed by atoms with van der Waals surface area (Å²) < 4.78 is 0. The van der Waals surface area contributed by atoms with Gasteiger partial charge in [-0.1, -0.05) is 13.8 Å². The molecule has 0 bridgehead atoms. The number of carbonyl (C=O) groups is 17. The van der Waals surface area contributed by atoms with E-state index in [1.807, 2.05) is 0 Å². The first kappa shape index (κ1) is 88.2. The van der Waals surface area contributed by atoms with Crippen LogP contribution in [0.15, 0.2) is 4.99 Å². The summed E-state index contributed by atoms with van der Waals surface area (Å²) in [4.78, 5) is 233. The lowest BCUT2D eigenvalue weighted by Gasteiger charge is -2.32. The summed E-state index contributed by atoms with van der Waals surface area (Å²) in [5, 5.41) is 97.8. The summed E-state index contributed by atoms with van der Waals surface area (Å²) in [7, 11) is 0. The molecule has 3 fully saturated rings. The lowest BCUT2D eigenvalue weighted by molar-refractivity contribution is -0.145. The monoisotopic (exact) mass is 1480 g/mol. The summed E-state index contributed by atoms with van der Waals surface area (Å²) in [5.74, 6) is -18.9. The molecule has 15 amide bonds. The smallest absolute Gasteiger partial charge is 0.325 e. The number of nitrogens with one attached hydrogen (secondary N) is 12. The van der Waals surface area contributed by atoms with Crippen molar-refractivity contribution in [3.05, 3.63) is 0 Å². The van der Waals surface area contributed by atoms with E-state index in [2.05, 4.69) is 68.8 Å². The Morgan fingerprint density at radius 1 is 0.442 bits per heavy atom. The summed E-state index contributed by atoms with van der Waals surface area (Å²) in [6, 6.07) is -21.8. The molecule has 0 aliphatic carbocycles. The van der Waals surface area contributed by atoms with Gasteiger partial charge < -0.3 is 131 Å². The predicted octanol–water partition coefficient (Wildman–Crippen LogP) is -12.2. The van der Waals surface area contributed by atoms with Crippen LogP contribution in [-0.2, 0) is 81.5 Å². The highest BCUT2D eigenvalue weighted by Gasteiger charge is 2.44. The summed E-state index contributed by atoms with van der Waals surface area (Å²) in [5.41, 5.74) is 16.4. The number of carbonyl (C=O) groups excluding carboxylic acids is 15. The average Bonchev–Trinajstić information content (AvgIpc) is 1.59. The minimum atomic E-state index is -2.01. The van der Waals surface area contributed by atoms with Gasteiger partial charge >= 0.3 is 11.9 Å². The van der Waals surface area contributed by atoms with Crippen molar-refractivity contribution in [1.29, 1.82) is 0 Å². The van der Waals surface area contributed by atoms with Gasteiger partial charge in [0.25, 0.3) is 0 Å². The number of hydrogen-bond acceptors (Lipinski definition) is 24. The topological polar surface area (TPSA) is 676 Å². The SMILES string of the molecule is CC(C)[C@H](NC(=O)CN)C(=O)N[C@H](C(=O)N[C@@H](CO)C(=O)N[C@@H](C)C(=O)N1CCC[C@H]1C(=O)N[C@@H](CC(=O)O)C(=O)N[C@H](C(=O)N[C@@H](CCCN=C(N)N)C(=O)N1CCC[C@H]1C(=O)N[C@@H](C)C(=O)N1CCC[C@H]1C(=O)NCC(=O)N[C@@H](CO)C(=O)N[C@H](C(=O)N[C@@H](C)C(=O)O)[C@@H](C)O)[C@@H](C)O)[C@@H](C)O. The van der Waals surface area contributed by atoms with E-state index in [0.717, 1.165) is 42.4 Å². The van der Waals surface area contributed by atoms with Gasteiger partial charge in [0.15, 0.2) is 5.96 Å². The molecule has 584 valence electrons. The molecule has 43 nitrogen and oxygen atoms in total. The van der Waals surface area contributed by atoms with E-state index >= 15 is 0 Å². The van der Waals surface area contributed by atoms with E-state index in [1.165, 1.54) is 13.8 Å². The lowest BCUT2D eigenvalue weighted by Crippen LogP contribution is -2.62. The lowest BCUT2D eigenvalue weighted by atomic mass is 10.0. The number of aliphatic carboxylic acids is 2. The number of nitrogens with two attached hydrogens (primary N) is 3. The zero-order valence-corrected chi connectivity index (χ0v) is 59.0. The quantitative estimate of drug-likeness (QED) is 0.0154. The van der Waals surface area contributed by atoms with Gasteiger partial charge in [0, 0.05) is 26.2 Å². The van der Waals surface area contributed by atoms with Gasteiger partial charge in [-0.3, -0.25) is 86.5 Å². The Morgan fingerprint density at radius 3 is 1.28 bits per heavy atom. The normalized spacial score (nSPS) is 19.6. The first-order valence-electron chi connectivity index (χ1n) is 33.7. The number of aliphatic hydroxyl groups excluding tert-OH is 5. The largest absolute Gasteiger partial charge is 0.481 e. The van der Waals surface area contributed by atoms with Crippen LogP contribution in [0.25, 0.3) is 0 Å². The molecule has 3 rings (SSSR count). The minimum Gasteiger partial charge on any atom is -0.481 e. The number of carboxylic acid groups (broad SMARTS) is 2. The van der Waals surface area contributed by atoms with Gasteiger partial charge in [-0.25, -0.2) is 0 Å². The molecule has 0 aromatic rings. The molecule has 43 heteroatoms. The highest BCUT2D eigenvalue weighted by Crippen LogP contribution is 2.23. The second kappa shape index (κ2) is 42.0. The first-order chi connectivity index (χ1) is 48.7. The van der Waals surface area contributed by atoms with Crippen molar-refractivity contribution in [2.24, 2.45) is 28.1 Å².